The van der Waals surface area contributed by atoms with Gasteiger partial charge >= 0.3 is 0 Å². The highest BCUT2D eigenvalue weighted by atomic mass is 16.3. The summed E-state index contributed by atoms with van der Waals surface area (Å²) in [7, 11) is 3.88. The first kappa shape index (κ1) is 21.2. The Morgan fingerprint density at radius 2 is 1.77 bits per heavy atom. The molecule has 9 heteroatoms. The predicted molar refractivity (Wildman–Crippen MR) is 120 cm³/mol. The molecule has 9 nitrogen and oxygen atoms in total. The number of hydrogen-bond donors (Lipinski definition) is 1. The number of hydrogen-bond acceptors (Lipinski definition) is 6. The molecule has 0 saturated heterocycles. The van der Waals surface area contributed by atoms with E-state index in [-0.39, 0.29) is 0 Å². The topological polar surface area (TPSA) is 89.3 Å². The number of aliphatic hydroxyl groups excluding tert-OH is 1. The predicted octanol–water partition coefficient (Wildman–Crippen LogP) is 2.74. The van der Waals surface area contributed by atoms with Gasteiger partial charge < -0.3 is 10.0 Å². The van der Waals surface area contributed by atoms with Crippen LogP contribution in [0.15, 0.2) is 43.2 Å². The van der Waals surface area contributed by atoms with Crippen molar-refractivity contribution in [3.63, 3.8) is 0 Å². The molecule has 0 saturated carbocycles. The molecule has 4 aromatic rings. The summed E-state index contributed by atoms with van der Waals surface area (Å²) in [6.45, 7) is 5.36. The normalized spacial score (nSPS) is 13.0. The highest BCUT2D eigenvalue weighted by molar-refractivity contribution is 5.78. The summed E-state index contributed by atoms with van der Waals surface area (Å²) in [5.41, 5.74) is 4.39. The smallest absolute Gasteiger partial charge is 0.0999 e. The van der Waals surface area contributed by atoms with E-state index < -0.39 is 6.10 Å². The van der Waals surface area contributed by atoms with Gasteiger partial charge in [0.05, 0.1) is 60.4 Å². The number of likely N-dealkylation sites (N-methyl/N-ethyl adjacent to an activating group) is 1. The van der Waals surface area contributed by atoms with E-state index in [4.69, 9.17) is 4.98 Å². The monoisotopic (exact) mass is 422 g/mol. The molecule has 0 aliphatic heterocycles. The molecule has 0 amide bonds. The van der Waals surface area contributed by atoms with Gasteiger partial charge in [-0.1, -0.05) is 13.8 Å². The molecular weight excluding hydrogens is 392 g/mol. The lowest BCUT2D eigenvalue weighted by Crippen LogP contribution is -2.29. The number of fused-ring (bicyclic) bond motifs is 1. The highest BCUT2D eigenvalue weighted by Gasteiger charge is 2.16. The molecule has 0 radical (unpaired) electrons. The van der Waals surface area contributed by atoms with Crippen molar-refractivity contribution >= 4 is 5.52 Å². The van der Waals surface area contributed by atoms with Gasteiger partial charge in [-0.05, 0) is 33.0 Å². The molecule has 0 aromatic carbocycles. The van der Waals surface area contributed by atoms with E-state index in [9.17, 15) is 5.11 Å². The maximum absolute atomic E-state index is 10.2. The van der Waals surface area contributed by atoms with Gasteiger partial charge in [0, 0.05) is 30.1 Å². The van der Waals surface area contributed by atoms with Crippen molar-refractivity contribution in [2.45, 2.75) is 45.4 Å². The van der Waals surface area contributed by atoms with Crippen LogP contribution in [0.25, 0.3) is 28.0 Å². The summed E-state index contributed by atoms with van der Waals surface area (Å²) in [4.78, 5) is 6.90. The zero-order chi connectivity index (χ0) is 22.0. The standard InChI is InChI=1S/C22H30N8O/c1-5-18(6-2)29-12-17(10-25-29)22-21-7-8-23-30(21)15-20(26-22)16-9-24-28(11-16)14-19(31)13-27(3)4/h7-12,15,18-19,31H,5-6,13-14H2,1-4H3/t19-/m0/s1. The fourth-order valence-corrected chi connectivity index (χ4v) is 3.89. The Labute approximate surface area is 181 Å². The van der Waals surface area contributed by atoms with Crippen LogP contribution in [-0.2, 0) is 6.54 Å². The quantitative estimate of drug-likeness (QED) is 0.446. The zero-order valence-corrected chi connectivity index (χ0v) is 18.5. The highest BCUT2D eigenvalue weighted by Crippen LogP contribution is 2.27. The fraction of sp³-hybridized carbons (Fsp3) is 0.455. The zero-order valence-electron chi connectivity index (χ0n) is 18.5. The van der Waals surface area contributed by atoms with Crippen molar-refractivity contribution in [1.82, 2.24) is 39.1 Å². The molecule has 0 aliphatic rings. The average molecular weight is 423 g/mol. The summed E-state index contributed by atoms with van der Waals surface area (Å²) < 4.78 is 5.62. The van der Waals surface area contributed by atoms with Crippen LogP contribution >= 0.6 is 0 Å². The Bertz CT molecular complexity index is 1140. The van der Waals surface area contributed by atoms with E-state index in [1.54, 1.807) is 17.1 Å². The molecule has 0 aliphatic carbocycles. The minimum absolute atomic E-state index is 0.379. The first-order valence-corrected chi connectivity index (χ1v) is 10.7. The first-order valence-electron chi connectivity index (χ1n) is 10.7. The van der Waals surface area contributed by atoms with Gasteiger partial charge in [0.15, 0.2) is 0 Å². The van der Waals surface area contributed by atoms with Crippen LogP contribution in [0.3, 0.4) is 0 Å². The van der Waals surface area contributed by atoms with Crippen molar-refractivity contribution < 1.29 is 5.11 Å². The van der Waals surface area contributed by atoms with Crippen LogP contribution in [-0.4, -0.2) is 70.9 Å². The molecule has 4 rings (SSSR count). The van der Waals surface area contributed by atoms with E-state index in [1.807, 2.05) is 52.8 Å². The van der Waals surface area contributed by atoms with Crippen LogP contribution in [0.5, 0.6) is 0 Å². The van der Waals surface area contributed by atoms with E-state index >= 15 is 0 Å². The molecule has 1 N–H and O–H groups in total. The van der Waals surface area contributed by atoms with E-state index in [0.29, 0.717) is 19.1 Å². The van der Waals surface area contributed by atoms with Crippen molar-refractivity contribution in [2.75, 3.05) is 20.6 Å². The summed E-state index contributed by atoms with van der Waals surface area (Å²) in [6, 6.07) is 2.34. The van der Waals surface area contributed by atoms with Crippen LogP contribution in [0.1, 0.15) is 32.7 Å². The van der Waals surface area contributed by atoms with E-state index in [1.165, 1.54) is 0 Å². The maximum Gasteiger partial charge on any atom is 0.0999 e. The van der Waals surface area contributed by atoms with Crippen LogP contribution < -0.4 is 0 Å². The molecule has 1 atom stereocenters. The van der Waals surface area contributed by atoms with Crippen LogP contribution in [0.2, 0.25) is 0 Å². The van der Waals surface area contributed by atoms with Gasteiger partial charge in [0.2, 0.25) is 0 Å². The minimum Gasteiger partial charge on any atom is -0.390 e. The summed E-state index contributed by atoms with van der Waals surface area (Å²) >= 11 is 0. The molecule has 0 bridgehead atoms. The van der Waals surface area contributed by atoms with Gasteiger partial charge in [-0.15, -0.1) is 0 Å². The van der Waals surface area contributed by atoms with Crippen LogP contribution in [0.4, 0.5) is 0 Å². The number of rotatable bonds is 9. The average Bonchev–Trinajstić information content (AvgIpc) is 3.48. The Hall–Kier alpha value is -3.04. The largest absolute Gasteiger partial charge is 0.390 e. The molecule has 4 heterocycles. The van der Waals surface area contributed by atoms with Crippen molar-refractivity contribution in [2.24, 2.45) is 0 Å². The molecule has 0 fully saturated rings. The molecule has 0 spiro atoms. The van der Waals surface area contributed by atoms with Gasteiger partial charge in [-0.2, -0.15) is 15.3 Å². The minimum atomic E-state index is -0.490. The second-order valence-corrected chi connectivity index (χ2v) is 8.18. The van der Waals surface area contributed by atoms with Gasteiger partial charge in [0.25, 0.3) is 0 Å². The Balaban J connectivity index is 1.67. The second-order valence-electron chi connectivity index (χ2n) is 8.18. The Kier molecular flexibility index (Phi) is 6.15. The lowest BCUT2D eigenvalue weighted by atomic mass is 10.1. The molecular formula is C22H30N8O. The maximum atomic E-state index is 10.2. The number of aliphatic hydroxyl groups is 1. The fourth-order valence-electron chi connectivity index (χ4n) is 3.89. The molecule has 31 heavy (non-hydrogen) atoms. The van der Waals surface area contributed by atoms with Crippen molar-refractivity contribution in [3.8, 4) is 22.5 Å². The van der Waals surface area contributed by atoms with Gasteiger partial charge in [-0.25, -0.2) is 9.50 Å². The third-order valence-corrected chi connectivity index (χ3v) is 5.48. The van der Waals surface area contributed by atoms with E-state index in [2.05, 4.69) is 35.3 Å². The first-order chi connectivity index (χ1) is 15.0. The lowest BCUT2D eigenvalue weighted by Gasteiger charge is -2.15. The second kappa shape index (κ2) is 8.99. The van der Waals surface area contributed by atoms with Gasteiger partial charge in [-0.3, -0.25) is 9.36 Å². The number of nitrogens with zero attached hydrogens (tertiary/aromatic N) is 8. The van der Waals surface area contributed by atoms with Crippen molar-refractivity contribution in [1.29, 1.82) is 0 Å². The van der Waals surface area contributed by atoms with Crippen LogP contribution in [0, 0.1) is 0 Å². The van der Waals surface area contributed by atoms with E-state index in [0.717, 1.165) is 40.9 Å². The lowest BCUT2D eigenvalue weighted by molar-refractivity contribution is 0.116. The Morgan fingerprint density at radius 1 is 1.00 bits per heavy atom. The van der Waals surface area contributed by atoms with Crippen molar-refractivity contribution in [3.05, 3.63) is 43.2 Å². The third kappa shape index (κ3) is 4.52. The third-order valence-electron chi connectivity index (χ3n) is 5.48. The summed E-state index contributed by atoms with van der Waals surface area (Å²) in [5.74, 6) is 0. The SMILES string of the molecule is CCC(CC)n1cc(-c2nc(-c3cnn(C[C@@H](O)CN(C)C)c3)cn3nccc23)cn1. The molecule has 164 valence electrons. The Morgan fingerprint density at radius 3 is 2.52 bits per heavy atom. The van der Waals surface area contributed by atoms with Gasteiger partial charge in [0.1, 0.15) is 0 Å². The molecule has 0 unspecified atom stereocenters. The summed E-state index contributed by atoms with van der Waals surface area (Å²) in [5, 5.41) is 23.6. The molecule has 4 aromatic heterocycles. The summed E-state index contributed by atoms with van der Waals surface area (Å²) in [6.07, 6.45) is 12.9. The number of aromatic nitrogens is 7.